The van der Waals surface area contributed by atoms with Crippen LogP contribution in [0.3, 0.4) is 0 Å². The molecule has 2 aromatic heterocycles. The molecule has 3 nitrogen and oxygen atoms in total. The number of furan rings is 1. The number of hydrogen-bond donors (Lipinski definition) is 0. The molecule has 2 rings (SSSR count). The fraction of sp³-hybridized carbons (Fsp3) is 0.231. The topological polar surface area (TPSA) is 43.1 Å². The Kier molecular flexibility index (Phi) is 3.15. The second-order valence-electron chi connectivity index (χ2n) is 3.58. The van der Waals surface area contributed by atoms with Gasteiger partial charge in [0.1, 0.15) is 5.76 Å². The van der Waals surface area contributed by atoms with E-state index in [1.807, 2.05) is 19.1 Å². The number of ketones is 1. The number of carbonyl (C=O) groups is 1. The van der Waals surface area contributed by atoms with Crippen molar-refractivity contribution in [2.24, 2.45) is 0 Å². The highest BCUT2D eigenvalue weighted by atomic mass is 16.3. The van der Waals surface area contributed by atoms with Gasteiger partial charge < -0.3 is 4.42 Å². The highest BCUT2D eigenvalue weighted by Crippen LogP contribution is 2.21. The predicted molar refractivity (Wildman–Crippen MR) is 61.2 cm³/mol. The zero-order valence-corrected chi connectivity index (χ0v) is 9.14. The Morgan fingerprint density at radius 2 is 2.25 bits per heavy atom. The Hall–Kier alpha value is -1.90. The van der Waals surface area contributed by atoms with Crippen LogP contribution >= 0.6 is 0 Å². The van der Waals surface area contributed by atoms with E-state index in [0.717, 1.165) is 12.0 Å². The normalized spacial score (nSPS) is 10.3. The average molecular weight is 215 g/mol. The van der Waals surface area contributed by atoms with Crippen molar-refractivity contribution in [3.63, 3.8) is 0 Å². The summed E-state index contributed by atoms with van der Waals surface area (Å²) in [5.41, 5.74) is 0.887. The molecule has 0 atom stereocenters. The van der Waals surface area contributed by atoms with Crippen LogP contribution in [0.1, 0.15) is 30.3 Å². The molecule has 16 heavy (non-hydrogen) atoms. The quantitative estimate of drug-likeness (QED) is 0.735. The molecule has 3 heteroatoms. The van der Waals surface area contributed by atoms with E-state index in [1.54, 1.807) is 24.5 Å². The molecule has 0 spiro atoms. The minimum Gasteiger partial charge on any atom is -0.453 e. The maximum atomic E-state index is 11.6. The largest absolute Gasteiger partial charge is 0.453 e. The Labute approximate surface area is 94.1 Å². The van der Waals surface area contributed by atoms with E-state index in [0.29, 0.717) is 17.9 Å². The molecule has 2 heterocycles. The van der Waals surface area contributed by atoms with Crippen molar-refractivity contribution in [2.45, 2.75) is 19.8 Å². The predicted octanol–water partition coefficient (Wildman–Crippen LogP) is 3.32. The van der Waals surface area contributed by atoms with Gasteiger partial charge in [0.2, 0.25) is 0 Å². The van der Waals surface area contributed by atoms with Crippen LogP contribution < -0.4 is 0 Å². The molecule has 0 aliphatic heterocycles. The molecule has 0 saturated carbocycles. The number of Topliss-reactive ketones (excluding diaryl/α,β-unsaturated/α-hetero) is 1. The first-order chi connectivity index (χ1) is 7.81. The van der Waals surface area contributed by atoms with Gasteiger partial charge in [0.05, 0.1) is 0 Å². The first-order valence-electron chi connectivity index (χ1n) is 5.34. The second-order valence-corrected chi connectivity index (χ2v) is 3.58. The van der Waals surface area contributed by atoms with Crippen molar-refractivity contribution in [3.05, 3.63) is 42.4 Å². The van der Waals surface area contributed by atoms with Crippen molar-refractivity contribution in [3.8, 4) is 11.3 Å². The third-order valence-corrected chi connectivity index (χ3v) is 2.30. The minimum atomic E-state index is 0.0534. The standard InChI is InChI=1S/C13H13NO2/c1-2-4-11(15)13-7-6-12(16-13)10-5-3-8-14-9-10/h3,5-9H,2,4H2,1H3. The van der Waals surface area contributed by atoms with E-state index in [-0.39, 0.29) is 5.78 Å². The number of nitrogens with zero attached hydrogens (tertiary/aromatic N) is 1. The lowest BCUT2D eigenvalue weighted by Gasteiger charge is -1.95. The summed E-state index contributed by atoms with van der Waals surface area (Å²) in [6.07, 6.45) is 4.78. The van der Waals surface area contributed by atoms with Gasteiger partial charge in [-0.15, -0.1) is 0 Å². The van der Waals surface area contributed by atoms with Crippen molar-refractivity contribution in [1.29, 1.82) is 0 Å². The minimum absolute atomic E-state index is 0.0534. The fourth-order valence-corrected chi connectivity index (χ4v) is 1.50. The SMILES string of the molecule is CCCC(=O)c1ccc(-c2cccnc2)o1. The zero-order chi connectivity index (χ0) is 11.4. The molecule has 0 saturated heterocycles. The van der Waals surface area contributed by atoms with Crippen LogP contribution in [0.5, 0.6) is 0 Å². The van der Waals surface area contributed by atoms with Crippen molar-refractivity contribution in [1.82, 2.24) is 4.98 Å². The summed E-state index contributed by atoms with van der Waals surface area (Å²) < 4.78 is 5.49. The van der Waals surface area contributed by atoms with Crippen LogP contribution in [-0.4, -0.2) is 10.8 Å². The van der Waals surface area contributed by atoms with Crippen LogP contribution in [-0.2, 0) is 0 Å². The van der Waals surface area contributed by atoms with Crippen LogP contribution in [0.15, 0.2) is 41.1 Å². The maximum Gasteiger partial charge on any atom is 0.198 e. The monoisotopic (exact) mass is 215 g/mol. The van der Waals surface area contributed by atoms with Gasteiger partial charge in [-0.3, -0.25) is 9.78 Å². The summed E-state index contributed by atoms with van der Waals surface area (Å²) in [5.74, 6) is 1.17. The molecule has 0 N–H and O–H groups in total. The Morgan fingerprint density at radius 1 is 1.38 bits per heavy atom. The third-order valence-electron chi connectivity index (χ3n) is 2.30. The lowest BCUT2D eigenvalue weighted by atomic mass is 10.2. The smallest absolute Gasteiger partial charge is 0.198 e. The summed E-state index contributed by atoms with van der Waals surface area (Å²) in [5, 5.41) is 0. The number of carbonyl (C=O) groups excluding carboxylic acids is 1. The van der Waals surface area contributed by atoms with Gasteiger partial charge in [0, 0.05) is 24.4 Å². The van der Waals surface area contributed by atoms with Crippen LogP contribution in [0, 0.1) is 0 Å². The molecular weight excluding hydrogens is 202 g/mol. The maximum absolute atomic E-state index is 11.6. The first-order valence-corrected chi connectivity index (χ1v) is 5.34. The Bertz CT molecular complexity index is 474. The number of aromatic nitrogens is 1. The number of pyridine rings is 1. The van der Waals surface area contributed by atoms with E-state index in [9.17, 15) is 4.79 Å². The van der Waals surface area contributed by atoms with E-state index in [1.165, 1.54) is 0 Å². The van der Waals surface area contributed by atoms with Gasteiger partial charge in [-0.25, -0.2) is 0 Å². The zero-order valence-electron chi connectivity index (χ0n) is 9.14. The summed E-state index contributed by atoms with van der Waals surface area (Å²) in [4.78, 5) is 15.6. The third kappa shape index (κ3) is 2.19. The Morgan fingerprint density at radius 3 is 2.94 bits per heavy atom. The van der Waals surface area contributed by atoms with Crippen molar-refractivity contribution in [2.75, 3.05) is 0 Å². The van der Waals surface area contributed by atoms with Crippen molar-refractivity contribution < 1.29 is 9.21 Å². The molecule has 0 amide bonds. The van der Waals surface area contributed by atoms with E-state index < -0.39 is 0 Å². The van der Waals surface area contributed by atoms with E-state index in [2.05, 4.69) is 4.98 Å². The van der Waals surface area contributed by atoms with Gasteiger partial charge in [0.15, 0.2) is 11.5 Å². The summed E-state index contributed by atoms with van der Waals surface area (Å²) in [6.45, 7) is 1.98. The van der Waals surface area contributed by atoms with Crippen molar-refractivity contribution >= 4 is 5.78 Å². The average Bonchev–Trinajstić information content (AvgIpc) is 2.80. The summed E-state index contributed by atoms with van der Waals surface area (Å²) >= 11 is 0. The first kappa shape index (κ1) is 10.6. The van der Waals surface area contributed by atoms with Gasteiger partial charge in [-0.05, 0) is 30.7 Å². The second kappa shape index (κ2) is 4.75. The highest BCUT2D eigenvalue weighted by Gasteiger charge is 2.10. The fourth-order valence-electron chi connectivity index (χ4n) is 1.50. The molecule has 0 fully saturated rings. The molecule has 82 valence electrons. The highest BCUT2D eigenvalue weighted by molar-refractivity contribution is 5.93. The van der Waals surface area contributed by atoms with Crippen LogP contribution in [0.4, 0.5) is 0 Å². The van der Waals surface area contributed by atoms with Gasteiger partial charge >= 0.3 is 0 Å². The number of hydrogen-bond acceptors (Lipinski definition) is 3. The number of rotatable bonds is 4. The van der Waals surface area contributed by atoms with E-state index in [4.69, 9.17) is 4.42 Å². The summed E-state index contributed by atoms with van der Waals surface area (Å²) in [7, 11) is 0. The lowest BCUT2D eigenvalue weighted by Crippen LogP contribution is -1.94. The molecule has 2 aromatic rings. The molecule has 0 radical (unpaired) electrons. The van der Waals surface area contributed by atoms with Crippen LogP contribution in [0.2, 0.25) is 0 Å². The van der Waals surface area contributed by atoms with Gasteiger partial charge in [-0.1, -0.05) is 6.92 Å². The molecule has 0 aromatic carbocycles. The van der Waals surface area contributed by atoms with Gasteiger partial charge in [-0.2, -0.15) is 0 Å². The molecule has 0 unspecified atom stereocenters. The van der Waals surface area contributed by atoms with Crippen LogP contribution in [0.25, 0.3) is 11.3 Å². The molecular formula is C13H13NO2. The molecule has 0 bridgehead atoms. The van der Waals surface area contributed by atoms with E-state index >= 15 is 0 Å². The lowest BCUT2D eigenvalue weighted by molar-refractivity contribution is 0.0955. The Balaban J connectivity index is 2.23. The summed E-state index contributed by atoms with van der Waals surface area (Å²) in [6, 6.07) is 7.27. The molecule has 0 aliphatic rings. The molecule has 0 aliphatic carbocycles. The van der Waals surface area contributed by atoms with Gasteiger partial charge in [0.25, 0.3) is 0 Å².